The average molecular weight is 213 g/mol. The number of methoxy groups -OCH3 is 1. The molecule has 2 fully saturated rings. The maximum Gasteiger partial charge on any atom is 0.0874 e. The zero-order chi connectivity index (χ0) is 10.7. The molecule has 3 heteroatoms. The molecule has 1 saturated carbocycles. The molecule has 15 heavy (non-hydrogen) atoms. The van der Waals surface area contributed by atoms with E-state index in [0.29, 0.717) is 6.04 Å². The van der Waals surface area contributed by atoms with E-state index in [1.165, 1.54) is 19.3 Å². The van der Waals surface area contributed by atoms with Gasteiger partial charge in [0.2, 0.25) is 0 Å². The van der Waals surface area contributed by atoms with E-state index < -0.39 is 0 Å². The van der Waals surface area contributed by atoms with Gasteiger partial charge < -0.3 is 14.8 Å². The third-order valence-corrected chi connectivity index (χ3v) is 4.00. The minimum Gasteiger partial charge on any atom is -0.381 e. The van der Waals surface area contributed by atoms with Gasteiger partial charge in [0, 0.05) is 39.2 Å². The Bertz CT molecular complexity index is 198. The Hall–Kier alpha value is -0.120. The predicted molar refractivity (Wildman–Crippen MR) is 60.0 cm³/mol. The Balaban J connectivity index is 1.99. The van der Waals surface area contributed by atoms with Crippen molar-refractivity contribution >= 4 is 0 Å². The summed E-state index contributed by atoms with van der Waals surface area (Å²) >= 11 is 0. The fourth-order valence-corrected chi connectivity index (χ4v) is 2.69. The van der Waals surface area contributed by atoms with Crippen molar-refractivity contribution in [2.75, 3.05) is 27.4 Å². The van der Waals surface area contributed by atoms with E-state index >= 15 is 0 Å². The maximum absolute atomic E-state index is 5.82. The quantitative estimate of drug-likeness (QED) is 0.752. The molecule has 2 aliphatic rings. The van der Waals surface area contributed by atoms with Crippen molar-refractivity contribution in [1.29, 1.82) is 0 Å². The van der Waals surface area contributed by atoms with Gasteiger partial charge in [-0.2, -0.15) is 0 Å². The first-order valence-electron chi connectivity index (χ1n) is 6.11. The third kappa shape index (κ3) is 2.52. The molecular formula is C12H23NO2. The second kappa shape index (κ2) is 4.81. The fourth-order valence-electron chi connectivity index (χ4n) is 2.69. The SMILES string of the molecule is CNC(CC1CC1)C1(OC)CCOCC1. The molecule has 1 aliphatic carbocycles. The molecular weight excluding hydrogens is 190 g/mol. The number of hydrogen-bond donors (Lipinski definition) is 1. The fraction of sp³-hybridized carbons (Fsp3) is 1.00. The molecule has 1 unspecified atom stereocenters. The summed E-state index contributed by atoms with van der Waals surface area (Å²) in [7, 11) is 3.91. The standard InChI is InChI=1S/C12H23NO2/c1-13-11(9-10-3-4-10)12(14-2)5-7-15-8-6-12/h10-11,13H,3-9H2,1-2H3. The molecule has 88 valence electrons. The first-order valence-corrected chi connectivity index (χ1v) is 6.11. The highest BCUT2D eigenvalue weighted by Crippen LogP contribution is 2.39. The molecule has 0 aromatic rings. The second-order valence-corrected chi connectivity index (χ2v) is 4.90. The van der Waals surface area contributed by atoms with Crippen LogP contribution in [0, 0.1) is 5.92 Å². The molecule has 1 atom stereocenters. The van der Waals surface area contributed by atoms with Crippen LogP contribution >= 0.6 is 0 Å². The summed E-state index contributed by atoms with van der Waals surface area (Å²) in [6.07, 6.45) is 6.15. The van der Waals surface area contributed by atoms with Crippen molar-refractivity contribution in [3.63, 3.8) is 0 Å². The molecule has 0 amide bonds. The molecule has 0 aromatic carbocycles. The Labute approximate surface area is 92.5 Å². The van der Waals surface area contributed by atoms with E-state index in [9.17, 15) is 0 Å². The molecule has 3 nitrogen and oxygen atoms in total. The van der Waals surface area contributed by atoms with E-state index in [1.54, 1.807) is 0 Å². The van der Waals surface area contributed by atoms with Crippen LogP contribution in [0.4, 0.5) is 0 Å². The third-order valence-electron chi connectivity index (χ3n) is 4.00. The van der Waals surface area contributed by atoms with Gasteiger partial charge in [0.05, 0.1) is 5.60 Å². The first-order chi connectivity index (χ1) is 7.30. The molecule has 1 aliphatic heterocycles. The van der Waals surface area contributed by atoms with Crippen LogP contribution < -0.4 is 5.32 Å². The van der Waals surface area contributed by atoms with Gasteiger partial charge in [-0.25, -0.2) is 0 Å². The Morgan fingerprint density at radius 1 is 1.40 bits per heavy atom. The van der Waals surface area contributed by atoms with Crippen molar-refractivity contribution in [3.8, 4) is 0 Å². The molecule has 0 radical (unpaired) electrons. The summed E-state index contributed by atoms with van der Waals surface area (Å²) in [5, 5.41) is 3.45. The van der Waals surface area contributed by atoms with Gasteiger partial charge in [-0.15, -0.1) is 0 Å². The molecule has 1 heterocycles. The van der Waals surface area contributed by atoms with Gasteiger partial charge >= 0.3 is 0 Å². The summed E-state index contributed by atoms with van der Waals surface area (Å²) in [6.45, 7) is 1.69. The van der Waals surface area contributed by atoms with Gasteiger partial charge in [0.1, 0.15) is 0 Å². The largest absolute Gasteiger partial charge is 0.381 e. The number of nitrogens with one attached hydrogen (secondary N) is 1. The zero-order valence-corrected chi connectivity index (χ0v) is 9.92. The molecule has 1 saturated heterocycles. The van der Waals surface area contributed by atoms with Crippen LogP contribution in [0.15, 0.2) is 0 Å². The molecule has 0 aromatic heterocycles. The van der Waals surface area contributed by atoms with Crippen LogP contribution in [0.1, 0.15) is 32.1 Å². The van der Waals surface area contributed by atoms with Crippen LogP contribution in [-0.4, -0.2) is 39.0 Å². The number of hydrogen-bond acceptors (Lipinski definition) is 3. The summed E-state index contributed by atoms with van der Waals surface area (Å²) in [4.78, 5) is 0. The van der Waals surface area contributed by atoms with Crippen molar-refractivity contribution < 1.29 is 9.47 Å². The predicted octanol–water partition coefficient (Wildman–Crippen LogP) is 1.57. The van der Waals surface area contributed by atoms with Gasteiger partial charge in [-0.1, -0.05) is 12.8 Å². The highest BCUT2D eigenvalue weighted by atomic mass is 16.5. The zero-order valence-electron chi connectivity index (χ0n) is 9.92. The summed E-state index contributed by atoms with van der Waals surface area (Å²) < 4.78 is 11.3. The first kappa shape index (κ1) is 11.4. The van der Waals surface area contributed by atoms with E-state index in [1.807, 2.05) is 7.11 Å². The summed E-state index contributed by atoms with van der Waals surface area (Å²) in [5.74, 6) is 0.942. The van der Waals surface area contributed by atoms with E-state index in [4.69, 9.17) is 9.47 Å². The lowest BCUT2D eigenvalue weighted by molar-refractivity contribution is -0.111. The monoisotopic (exact) mass is 213 g/mol. The normalized spacial score (nSPS) is 27.6. The summed E-state index contributed by atoms with van der Waals surface area (Å²) in [6, 6.07) is 0.499. The smallest absolute Gasteiger partial charge is 0.0874 e. The topological polar surface area (TPSA) is 30.5 Å². The Kier molecular flexibility index (Phi) is 3.65. The molecule has 0 bridgehead atoms. The second-order valence-electron chi connectivity index (χ2n) is 4.90. The highest BCUT2D eigenvalue weighted by Gasteiger charge is 2.42. The van der Waals surface area contributed by atoms with Crippen molar-refractivity contribution in [3.05, 3.63) is 0 Å². The Morgan fingerprint density at radius 2 is 2.07 bits per heavy atom. The van der Waals surface area contributed by atoms with Crippen molar-refractivity contribution in [2.45, 2.75) is 43.7 Å². The minimum absolute atomic E-state index is 0.0234. The van der Waals surface area contributed by atoms with Gasteiger partial charge in [-0.05, 0) is 19.4 Å². The van der Waals surface area contributed by atoms with Crippen LogP contribution in [0.3, 0.4) is 0 Å². The van der Waals surface area contributed by atoms with Crippen LogP contribution in [0.2, 0.25) is 0 Å². The molecule has 0 spiro atoms. The van der Waals surface area contributed by atoms with Crippen molar-refractivity contribution in [2.24, 2.45) is 5.92 Å². The van der Waals surface area contributed by atoms with E-state index in [-0.39, 0.29) is 5.60 Å². The van der Waals surface area contributed by atoms with E-state index in [2.05, 4.69) is 12.4 Å². The van der Waals surface area contributed by atoms with Crippen molar-refractivity contribution in [1.82, 2.24) is 5.32 Å². The van der Waals surface area contributed by atoms with E-state index in [0.717, 1.165) is 32.0 Å². The molecule has 2 rings (SSSR count). The highest BCUT2D eigenvalue weighted by molar-refractivity contribution is 4.96. The van der Waals surface area contributed by atoms with Gasteiger partial charge in [0.25, 0.3) is 0 Å². The van der Waals surface area contributed by atoms with Crippen LogP contribution in [0.25, 0.3) is 0 Å². The average Bonchev–Trinajstić information content (AvgIpc) is 3.10. The van der Waals surface area contributed by atoms with Crippen LogP contribution in [-0.2, 0) is 9.47 Å². The van der Waals surface area contributed by atoms with Gasteiger partial charge in [-0.3, -0.25) is 0 Å². The maximum atomic E-state index is 5.82. The number of ether oxygens (including phenoxy) is 2. The van der Waals surface area contributed by atoms with Gasteiger partial charge in [0.15, 0.2) is 0 Å². The van der Waals surface area contributed by atoms with Crippen LogP contribution in [0.5, 0.6) is 0 Å². The number of rotatable bonds is 5. The number of likely N-dealkylation sites (N-methyl/N-ethyl adjacent to an activating group) is 1. The summed E-state index contributed by atoms with van der Waals surface area (Å²) in [5.41, 5.74) is 0.0234. The minimum atomic E-state index is 0.0234. The molecule has 1 N–H and O–H groups in total. The lowest BCUT2D eigenvalue weighted by Crippen LogP contribution is -2.54. The Morgan fingerprint density at radius 3 is 2.53 bits per heavy atom. The lowest BCUT2D eigenvalue weighted by Gasteiger charge is -2.42. The lowest BCUT2D eigenvalue weighted by atomic mass is 9.83.